The second kappa shape index (κ2) is 12.9. The van der Waals surface area contributed by atoms with Crippen LogP contribution in [-0.2, 0) is 57.2 Å². The maximum atomic E-state index is 13.1. The maximum Gasteiger partial charge on any atom is 0.312 e. The number of carbonyl (C=O) groups excluding carboxylic acids is 6. The summed E-state index contributed by atoms with van der Waals surface area (Å²) >= 11 is 0. The highest BCUT2D eigenvalue weighted by molar-refractivity contribution is 5.78. The monoisotopic (exact) mass is 608 g/mol. The molecule has 1 heterocycles. The molecule has 238 valence electrons. The molecule has 2 aliphatic carbocycles. The molecule has 1 aliphatic heterocycles. The fraction of sp³-hybridized carbons (Fsp3) is 0.667. The molecule has 13 nitrogen and oxygen atoms in total. The molecule has 1 saturated carbocycles. The largest absolute Gasteiger partial charge is 0.462 e. The van der Waals surface area contributed by atoms with E-state index in [4.69, 9.17) is 28.4 Å². The van der Waals surface area contributed by atoms with Gasteiger partial charge in [-0.1, -0.05) is 19.1 Å². The van der Waals surface area contributed by atoms with Gasteiger partial charge in [0, 0.05) is 52.5 Å². The highest BCUT2D eigenvalue weighted by Gasteiger charge is 2.68. The summed E-state index contributed by atoms with van der Waals surface area (Å²) in [5, 5.41) is 12.5. The van der Waals surface area contributed by atoms with E-state index in [2.05, 4.69) is 6.58 Å². The minimum atomic E-state index is -2.25. The molecule has 2 unspecified atom stereocenters. The third-order valence-electron chi connectivity index (χ3n) is 8.60. The van der Waals surface area contributed by atoms with Crippen LogP contribution in [0, 0.1) is 17.3 Å². The lowest BCUT2D eigenvalue weighted by Crippen LogP contribution is -2.66. The molecule has 0 aromatic heterocycles. The van der Waals surface area contributed by atoms with Crippen LogP contribution in [0.25, 0.3) is 0 Å². The van der Waals surface area contributed by atoms with Crippen LogP contribution in [0.15, 0.2) is 23.8 Å². The van der Waals surface area contributed by atoms with Gasteiger partial charge in [-0.2, -0.15) is 0 Å². The van der Waals surface area contributed by atoms with Crippen LogP contribution < -0.4 is 0 Å². The van der Waals surface area contributed by atoms with Gasteiger partial charge in [-0.15, -0.1) is 0 Å². The van der Waals surface area contributed by atoms with Crippen molar-refractivity contribution in [3.63, 3.8) is 0 Å². The zero-order valence-electron chi connectivity index (χ0n) is 25.5. The zero-order valence-corrected chi connectivity index (χ0v) is 25.5. The van der Waals surface area contributed by atoms with E-state index in [9.17, 15) is 33.9 Å². The first-order chi connectivity index (χ1) is 19.9. The third kappa shape index (κ3) is 6.76. The highest BCUT2D eigenvalue weighted by Crippen LogP contribution is 2.56. The molecule has 3 rings (SSSR count). The van der Waals surface area contributed by atoms with Crippen LogP contribution in [0.2, 0.25) is 0 Å². The number of ether oxygens (including phenoxy) is 6. The lowest BCUT2D eigenvalue weighted by atomic mass is 9.54. The quantitative estimate of drug-likeness (QED) is 0.263. The van der Waals surface area contributed by atoms with Gasteiger partial charge in [-0.05, 0) is 25.8 Å². The molecule has 9 atom stereocenters. The van der Waals surface area contributed by atoms with E-state index in [0.717, 1.165) is 20.8 Å². The van der Waals surface area contributed by atoms with Crippen molar-refractivity contribution in [2.45, 2.75) is 104 Å². The Balaban J connectivity index is 2.46. The van der Waals surface area contributed by atoms with E-state index in [0.29, 0.717) is 5.57 Å². The minimum absolute atomic E-state index is 0.107. The summed E-state index contributed by atoms with van der Waals surface area (Å²) < 4.78 is 34.0. The van der Waals surface area contributed by atoms with Crippen LogP contribution >= 0.6 is 0 Å². The topological polar surface area (TPSA) is 178 Å². The Morgan fingerprint density at radius 2 is 1.49 bits per heavy atom. The fourth-order valence-corrected chi connectivity index (χ4v) is 6.63. The van der Waals surface area contributed by atoms with Crippen molar-refractivity contribution in [3.8, 4) is 0 Å². The van der Waals surface area contributed by atoms with Gasteiger partial charge in [0.15, 0.2) is 11.7 Å². The van der Waals surface area contributed by atoms with Gasteiger partial charge in [0.1, 0.15) is 31.0 Å². The normalized spacial score (nSPS) is 36.8. The summed E-state index contributed by atoms with van der Waals surface area (Å²) in [5.41, 5.74) is -3.14. The summed E-state index contributed by atoms with van der Waals surface area (Å²) in [7, 11) is 0. The Kier molecular flexibility index (Phi) is 10.1. The molecular formula is C30H40O13. The molecule has 3 aliphatic rings. The first-order valence-electron chi connectivity index (χ1n) is 14.1. The number of hydrogen-bond acceptors (Lipinski definition) is 13. The third-order valence-corrected chi connectivity index (χ3v) is 8.60. The average Bonchev–Trinajstić information content (AvgIpc) is 3.09. The lowest BCUT2D eigenvalue weighted by Gasteiger charge is -2.55. The van der Waals surface area contributed by atoms with Gasteiger partial charge in [0.2, 0.25) is 0 Å². The summed E-state index contributed by atoms with van der Waals surface area (Å²) in [6.45, 7) is 12.6. The van der Waals surface area contributed by atoms with Gasteiger partial charge in [0.05, 0.1) is 11.3 Å². The molecule has 0 aromatic carbocycles. The van der Waals surface area contributed by atoms with E-state index < -0.39 is 95.8 Å². The van der Waals surface area contributed by atoms with Crippen molar-refractivity contribution in [3.05, 3.63) is 23.8 Å². The molecular weight excluding hydrogens is 568 g/mol. The molecule has 0 bridgehead atoms. The van der Waals surface area contributed by atoms with E-state index >= 15 is 0 Å². The Hall–Kier alpha value is -3.74. The number of fused-ring (bicyclic) bond motifs is 2. The number of esters is 6. The van der Waals surface area contributed by atoms with Crippen molar-refractivity contribution in [2.24, 2.45) is 17.3 Å². The highest BCUT2D eigenvalue weighted by atomic mass is 16.6. The molecule has 1 saturated heterocycles. The summed E-state index contributed by atoms with van der Waals surface area (Å²) in [6, 6.07) is 0. The van der Waals surface area contributed by atoms with E-state index in [1.165, 1.54) is 26.8 Å². The second-order valence-electron chi connectivity index (χ2n) is 11.6. The molecule has 0 spiro atoms. The van der Waals surface area contributed by atoms with Crippen LogP contribution in [-0.4, -0.2) is 83.7 Å². The van der Waals surface area contributed by atoms with Crippen LogP contribution in [0.1, 0.15) is 67.7 Å². The average molecular weight is 609 g/mol. The van der Waals surface area contributed by atoms with Crippen molar-refractivity contribution in [2.75, 3.05) is 6.61 Å². The molecule has 43 heavy (non-hydrogen) atoms. The van der Waals surface area contributed by atoms with Gasteiger partial charge in [-0.3, -0.25) is 28.8 Å². The summed E-state index contributed by atoms with van der Waals surface area (Å²) in [4.78, 5) is 74.7. The first kappa shape index (κ1) is 33.8. The number of aliphatic hydroxyl groups is 1. The SMILES string of the molecule is C=C1CC[C@H](OC(C)=O)[C@]2(C)[C@@H](OC(C)=O)CC(OC(C)=O)/C(COC(C)=O)=C\[C@@H]3OC(=O)[C@H](C)[C@]3(O)C(OC(C)=O)[C@@H]12. The van der Waals surface area contributed by atoms with Gasteiger partial charge in [0.25, 0.3) is 0 Å². The summed E-state index contributed by atoms with van der Waals surface area (Å²) in [5.74, 6) is -6.71. The van der Waals surface area contributed by atoms with E-state index in [1.807, 2.05) is 0 Å². The number of hydrogen-bond donors (Lipinski definition) is 1. The molecule has 2 fully saturated rings. The van der Waals surface area contributed by atoms with Crippen molar-refractivity contribution in [1.82, 2.24) is 0 Å². The fourth-order valence-electron chi connectivity index (χ4n) is 6.63. The van der Waals surface area contributed by atoms with Crippen molar-refractivity contribution in [1.29, 1.82) is 0 Å². The minimum Gasteiger partial charge on any atom is -0.462 e. The van der Waals surface area contributed by atoms with E-state index in [1.54, 1.807) is 6.92 Å². The zero-order chi connectivity index (χ0) is 32.4. The number of carbonyl (C=O) groups is 6. The molecule has 0 amide bonds. The smallest absolute Gasteiger partial charge is 0.312 e. The first-order valence-corrected chi connectivity index (χ1v) is 14.1. The van der Waals surface area contributed by atoms with Crippen molar-refractivity contribution < 1.29 is 62.3 Å². The molecule has 1 N–H and O–H groups in total. The van der Waals surface area contributed by atoms with Crippen LogP contribution in [0.4, 0.5) is 0 Å². The van der Waals surface area contributed by atoms with Crippen molar-refractivity contribution >= 4 is 35.8 Å². The van der Waals surface area contributed by atoms with Gasteiger partial charge >= 0.3 is 35.8 Å². The molecule has 0 radical (unpaired) electrons. The van der Waals surface area contributed by atoms with Gasteiger partial charge < -0.3 is 33.5 Å². The standard InChI is InChI=1S/C30H40O13/c1-14-9-10-23(40-18(5)33)29(8)24(41-19(6)34)12-22(39-17(4)32)21(13-38-16(3)31)11-25-30(37,15(2)28(36)43-25)27(26(14)29)42-20(7)35/h11,15,22-27,37H,1,9-10,12-13H2,2-8H3/b21-11-/t15-,22?,23-,24-,25-,26+,27?,29+,30+/m0/s1. The summed E-state index contributed by atoms with van der Waals surface area (Å²) in [6.07, 6.45) is -4.84. The number of rotatable bonds is 6. The predicted octanol–water partition coefficient (Wildman–Crippen LogP) is 1.87. The second-order valence-corrected chi connectivity index (χ2v) is 11.6. The lowest BCUT2D eigenvalue weighted by molar-refractivity contribution is -0.222. The maximum absolute atomic E-state index is 13.1. The van der Waals surface area contributed by atoms with Gasteiger partial charge in [-0.25, -0.2) is 0 Å². The Morgan fingerprint density at radius 3 is 2.02 bits per heavy atom. The van der Waals surface area contributed by atoms with E-state index in [-0.39, 0.29) is 24.8 Å². The Morgan fingerprint density at radius 1 is 0.930 bits per heavy atom. The Labute approximate surface area is 249 Å². The predicted molar refractivity (Wildman–Crippen MR) is 146 cm³/mol. The Bertz CT molecular complexity index is 1220. The molecule has 13 heteroatoms. The molecule has 0 aromatic rings. The van der Waals surface area contributed by atoms with Crippen LogP contribution in [0.3, 0.4) is 0 Å². The van der Waals surface area contributed by atoms with Crippen LogP contribution in [0.5, 0.6) is 0 Å².